The molecule has 0 saturated carbocycles. The van der Waals surface area contributed by atoms with Gasteiger partial charge >= 0.3 is 0 Å². The first-order chi connectivity index (χ1) is 13.2. The van der Waals surface area contributed by atoms with Gasteiger partial charge in [0, 0.05) is 33.6 Å². The smallest absolute Gasteiger partial charge is 0.257 e. The molecule has 1 aromatic heterocycles. The normalized spacial score (nSPS) is 14.9. The third-order valence-corrected chi connectivity index (χ3v) is 5.12. The Labute approximate surface area is 161 Å². The van der Waals surface area contributed by atoms with E-state index in [9.17, 15) is 4.79 Å². The molecule has 0 bridgehead atoms. The number of hydrogen-bond donors (Lipinski definition) is 2. The van der Waals surface area contributed by atoms with Gasteiger partial charge in [0.25, 0.3) is 5.91 Å². The Morgan fingerprint density at radius 1 is 0.852 bits per heavy atom. The molecule has 0 unspecified atom stereocenters. The lowest BCUT2D eigenvalue weighted by Crippen LogP contribution is -2.06. The van der Waals surface area contributed by atoms with Gasteiger partial charge in [0.1, 0.15) is 0 Å². The van der Waals surface area contributed by atoms with Crippen molar-refractivity contribution in [3.63, 3.8) is 0 Å². The topological polar surface area (TPSA) is 44.9 Å². The molecule has 1 amide bonds. The Morgan fingerprint density at radius 2 is 1.70 bits per heavy atom. The third kappa shape index (κ3) is 2.64. The molecule has 0 radical (unpaired) electrons. The Hall–Kier alpha value is -3.30. The number of carbonyl (C=O) groups is 1. The van der Waals surface area contributed by atoms with Crippen LogP contribution in [0.5, 0.6) is 0 Å². The van der Waals surface area contributed by atoms with E-state index < -0.39 is 0 Å². The van der Waals surface area contributed by atoms with E-state index in [0.29, 0.717) is 10.6 Å². The lowest BCUT2D eigenvalue weighted by atomic mass is 9.89. The molecule has 0 fully saturated rings. The van der Waals surface area contributed by atoms with Crippen LogP contribution in [-0.4, -0.2) is 10.9 Å². The van der Waals surface area contributed by atoms with Gasteiger partial charge in [-0.2, -0.15) is 0 Å². The third-order valence-electron chi connectivity index (χ3n) is 4.88. The van der Waals surface area contributed by atoms with Gasteiger partial charge in [0.05, 0.1) is 5.57 Å². The van der Waals surface area contributed by atoms with Crippen LogP contribution < -0.4 is 5.32 Å². The van der Waals surface area contributed by atoms with Crippen molar-refractivity contribution in [1.82, 2.24) is 4.98 Å². The van der Waals surface area contributed by atoms with Crippen LogP contribution in [0.3, 0.4) is 0 Å². The van der Waals surface area contributed by atoms with Crippen molar-refractivity contribution < 1.29 is 4.79 Å². The minimum atomic E-state index is -0.111. The maximum atomic E-state index is 12.9. The minimum absolute atomic E-state index is 0.111. The van der Waals surface area contributed by atoms with Crippen LogP contribution in [-0.2, 0) is 4.79 Å². The van der Waals surface area contributed by atoms with Gasteiger partial charge in [-0.15, -0.1) is 0 Å². The van der Waals surface area contributed by atoms with Gasteiger partial charge in [-0.25, -0.2) is 0 Å². The minimum Gasteiger partial charge on any atom is -0.361 e. The van der Waals surface area contributed by atoms with Crippen LogP contribution in [0.25, 0.3) is 22.0 Å². The van der Waals surface area contributed by atoms with Crippen LogP contribution in [0.2, 0.25) is 5.02 Å². The lowest BCUT2D eigenvalue weighted by molar-refractivity contribution is -0.110. The van der Waals surface area contributed by atoms with E-state index in [2.05, 4.69) is 16.4 Å². The number of aromatic nitrogens is 1. The molecular formula is C23H15ClN2O. The van der Waals surface area contributed by atoms with Crippen LogP contribution in [0.1, 0.15) is 16.7 Å². The van der Waals surface area contributed by atoms with Crippen LogP contribution in [0.15, 0.2) is 79.0 Å². The van der Waals surface area contributed by atoms with Gasteiger partial charge in [-0.3, -0.25) is 4.79 Å². The van der Waals surface area contributed by atoms with Crippen LogP contribution >= 0.6 is 11.6 Å². The number of amides is 1. The maximum Gasteiger partial charge on any atom is 0.257 e. The summed E-state index contributed by atoms with van der Waals surface area (Å²) < 4.78 is 0. The number of fused-ring (bicyclic) bond motifs is 2. The number of nitrogens with one attached hydrogen (secondary N) is 2. The SMILES string of the molecule is O=C1Nc2ccc(Cl)cc2/C1=C(/c1ccccc1)c1ccc2[nH]ccc2c1. The van der Waals surface area contributed by atoms with Gasteiger partial charge in [0.15, 0.2) is 0 Å². The number of hydrogen-bond acceptors (Lipinski definition) is 1. The monoisotopic (exact) mass is 370 g/mol. The number of rotatable bonds is 2. The first-order valence-electron chi connectivity index (χ1n) is 8.69. The largest absolute Gasteiger partial charge is 0.361 e. The molecule has 0 spiro atoms. The van der Waals surface area contributed by atoms with E-state index >= 15 is 0 Å². The van der Waals surface area contributed by atoms with Crippen LogP contribution in [0, 0.1) is 0 Å². The van der Waals surface area contributed by atoms with Crippen molar-refractivity contribution in [1.29, 1.82) is 0 Å². The molecule has 1 aliphatic rings. The molecule has 2 heterocycles. The summed E-state index contributed by atoms with van der Waals surface area (Å²) in [6.45, 7) is 0. The van der Waals surface area contributed by atoms with E-state index in [1.807, 2.05) is 66.9 Å². The molecule has 4 aromatic rings. The highest BCUT2D eigenvalue weighted by Gasteiger charge is 2.29. The molecule has 0 aliphatic carbocycles. The summed E-state index contributed by atoms with van der Waals surface area (Å²) in [7, 11) is 0. The van der Waals surface area contributed by atoms with Crippen LogP contribution in [0.4, 0.5) is 5.69 Å². The maximum absolute atomic E-state index is 12.9. The zero-order valence-electron chi connectivity index (χ0n) is 14.3. The fourth-order valence-corrected chi connectivity index (χ4v) is 3.83. The molecule has 27 heavy (non-hydrogen) atoms. The Balaban J connectivity index is 1.85. The van der Waals surface area contributed by atoms with E-state index in [-0.39, 0.29) is 5.91 Å². The fourth-order valence-electron chi connectivity index (χ4n) is 3.66. The second-order valence-electron chi connectivity index (χ2n) is 6.54. The summed E-state index contributed by atoms with van der Waals surface area (Å²) in [6, 6.07) is 23.7. The summed E-state index contributed by atoms with van der Waals surface area (Å²) in [5.74, 6) is -0.111. The van der Waals surface area contributed by atoms with Gasteiger partial charge in [-0.05, 0) is 52.9 Å². The molecular weight excluding hydrogens is 356 g/mol. The summed E-state index contributed by atoms with van der Waals surface area (Å²) in [6.07, 6.45) is 1.92. The molecule has 0 atom stereocenters. The first kappa shape index (κ1) is 15.9. The average Bonchev–Trinajstić information content (AvgIpc) is 3.27. The van der Waals surface area contributed by atoms with Gasteiger partial charge < -0.3 is 10.3 Å². The first-order valence-corrected chi connectivity index (χ1v) is 9.07. The molecule has 5 rings (SSSR count). The number of benzene rings is 3. The highest BCUT2D eigenvalue weighted by atomic mass is 35.5. The number of halogens is 1. The highest BCUT2D eigenvalue weighted by Crippen LogP contribution is 2.41. The van der Waals surface area contributed by atoms with Crippen molar-refractivity contribution in [3.05, 3.63) is 101 Å². The van der Waals surface area contributed by atoms with Crippen molar-refractivity contribution >= 4 is 45.2 Å². The van der Waals surface area contributed by atoms with Crippen molar-refractivity contribution in [2.24, 2.45) is 0 Å². The van der Waals surface area contributed by atoms with Gasteiger partial charge in [0.2, 0.25) is 0 Å². The average molecular weight is 371 g/mol. The van der Waals surface area contributed by atoms with E-state index in [0.717, 1.165) is 38.9 Å². The van der Waals surface area contributed by atoms with Crippen molar-refractivity contribution in [2.45, 2.75) is 0 Å². The molecule has 0 saturated heterocycles. The molecule has 1 aliphatic heterocycles. The molecule has 3 nitrogen and oxygen atoms in total. The molecule has 2 N–H and O–H groups in total. The second kappa shape index (κ2) is 6.15. The number of anilines is 1. The van der Waals surface area contributed by atoms with E-state index in [4.69, 9.17) is 11.6 Å². The Kier molecular flexibility index (Phi) is 3.62. The van der Waals surface area contributed by atoms with Crippen molar-refractivity contribution in [3.8, 4) is 0 Å². The van der Waals surface area contributed by atoms with E-state index in [1.54, 1.807) is 6.07 Å². The van der Waals surface area contributed by atoms with Gasteiger partial charge in [-0.1, -0.05) is 48.0 Å². The van der Waals surface area contributed by atoms with Crippen molar-refractivity contribution in [2.75, 3.05) is 5.32 Å². The summed E-state index contributed by atoms with van der Waals surface area (Å²) in [4.78, 5) is 16.1. The molecule has 4 heteroatoms. The number of H-pyrrole nitrogens is 1. The quantitative estimate of drug-likeness (QED) is 0.435. The Morgan fingerprint density at radius 3 is 2.56 bits per heavy atom. The zero-order valence-corrected chi connectivity index (χ0v) is 15.0. The predicted octanol–water partition coefficient (Wildman–Crippen LogP) is 5.73. The Bertz CT molecular complexity index is 1220. The summed E-state index contributed by atoms with van der Waals surface area (Å²) >= 11 is 6.23. The zero-order chi connectivity index (χ0) is 18.4. The van der Waals surface area contributed by atoms with E-state index in [1.165, 1.54) is 0 Å². The highest BCUT2D eigenvalue weighted by molar-refractivity contribution is 6.39. The molecule has 3 aromatic carbocycles. The predicted molar refractivity (Wildman–Crippen MR) is 111 cm³/mol. The number of carbonyl (C=O) groups excluding carboxylic acids is 1. The summed E-state index contributed by atoms with van der Waals surface area (Å²) in [5.41, 5.74) is 6.22. The lowest BCUT2D eigenvalue weighted by Gasteiger charge is -2.13. The number of aromatic amines is 1. The second-order valence-corrected chi connectivity index (χ2v) is 6.98. The standard InChI is InChI=1S/C23H15ClN2O/c24-17-7-9-20-18(13-17)22(23(27)26-20)21(14-4-2-1-3-5-14)16-6-8-19-15(12-16)10-11-25-19/h1-13,25H,(H,26,27)/b22-21+. The summed E-state index contributed by atoms with van der Waals surface area (Å²) in [5, 5.41) is 4.68. The fraction of sp³-hybridized carbons (Fsp3) is 0. The molecule has 130 valence electrons.